The highest BCUT2D eigenvalue weighted by Crippen LogP contribution is 2.22. The lowest BCUT2D eigenvalue weighted by Gasteiger charge is -2.20. The van der Waals surface area contributed by atoms with Gasteiger partial charge in [0.25, 0.3) is 5.91 Å². The van der Waals surface area contributed by atoms with Gasteiger partial charge in [-0.3, -0.25) is 9.36 Å². The van der Waals surface area contributed by atoms with Crippen molar-refractivity contribution in [2.45, 2.75) is 12.8 Å². The van der Waals surface area contributed by atoms with Crippen LogP contribution < -0.4 is 4.74 Å². The monoisotopic (exact) mass is 349 g/mol. The summed E-state index contributed by atoms with van der Waals surface area (Å²) in [6.07, 6.45) is 6.43. The Hall–Kier alpha value is -3.22. The molecule has 1 aliphatic heterocycles. The summed E-state index contributed by atoms with van der Waals surface area (Å²) in [7, 11) is 1.67. The van der Waals surface area contributed by atoms with Crippen LogP contribution in [-0.2, 0) is 12.8 Å². The third-order valence-corrected chi connectivity index (χ3v) is 4.68. The van der Waals surface area contributed by atoms with E-state index in [0.717, 1.165) is 18.6 Å². The second-order valence-electron chi connectivity index (χ2n) is 6.20. The first-order chi connectivity index (χ1) is 12.7. The minimum atomic E-state index is 0.0153. The van der Waals surface area contributed by atoms with Gasteiger partial charge in [-0.15, -0.1) is 10.2 Å². The fourth-order valence-electron chi connectivity index (χ4n) is 3.23. The van der Waals surface area contributed by atoms with Gasteiger partial charge in [0.15, 0.2) is 0 Å². The number of rotatable bonds is 3. The van der Waals surface area contributed by atoms with Crippen molar-refractivity contribution in [1.29, 1.82) is 0 Å². The number of amides is 1. The molecule has 1 aromatic carbocycles. The Kier molecular flexibility index (Phi) is 4.35. The van der Waals surface area contributed by atoms with Crippen molar-refractivity contribution < 1.29 is 9.53 Å². The van der Waals surface area contributed by atoms with Crippen molar-refractivity contribution >= 4 is 5.91 Å². The summed E-state index contributed by atoms with van der Waals surface area (Å²) in [6, 6.07) is 9.66. The summed E-state index contributed by atoms with van der Waals surface area (Å²) in [6.45, 7) is 1.38. The van der Waals surface area contributed by atoms with E-state index in [2.05, 4.69) is 27.3 Å². The quantitative estimate of drug-likeness (QED) is 0.722. The molecule has 0 saturated carbocycles. The van der Waals surface area contributed by atoms with Gasteiger partial charge in [-0.25, -0.2) is 4.98 Å². The molecule has 0 atom stereocenters. The number of nitrogens with zero attached hydrogens (tertiary/aromatic N) is 5. The molecule has 0 N–H and O–H groups in total. The average molecular weight is 349 g/mol. The number of carbonyl (C=O) groups is 1. The van der Waals surface area contributed by atoms with E-state index < -0.39 is 0 Å². The normalized spacial score (nSPS) is 13.8. The van der Waals surface area contributed by atoms with E-state index >= 15 is 0 Å². The summed E-state index contributed by atoms with van der Waals surface area (Å²) in [5.41, 5.74) is 3.15. The van der Waals surface area contributed by atoms with Gasteiger partial charge in [-0.2, -0.15) is 0 Å². The van der Waals surface area contributed by atoms with Gasteiger partial charge in [-0.1, -0.05) is 6.07 Å². The molecule has 0 saturated heterocycles. The number of hydrogen-bond donors (Lipinski definition) is 0. The molecule has 0 bridgehead atoms. The van der Waals surface area contributed by atoms with Crippen LogP contribution in [0.2, 0.25) is 0 Å². The van der Waals surface area contributed by atoms with Crippen molar-refractivity contribution in [3.05, 3.63) is 65.9 Å². The highest BCUT2D eigenvalue weighted by molar-refractivity contribution is 5.94. The van der Waals surface area contributed by atoms with Crippen LogP contribution in [-0.4, -0.2) is 50.8 Å². The Morgan fingerprint density at radius 1 is 1.04 bits per heavy atom. The maximum atomic E-state index is 13.0. The van der Waals surface area contributed by atoms with Gasteiger partial charge in [0.2, 0.25) is 0 Å². The smallest absolute Gasteiger partial charge is 0.254 e. The molecular weight excluding hydrogens is 330 g/mol. The largest absolute Gasteiger partial charge is 0.497 e. The molecule has 4 rings (SSSR count). The van der Waals surface area contributed by atoms with E-state index in [9.17, 15) is 4.79 Å². The molecule has 1 aliphatic rings. The fourth-order valence-corrected chi connectivity index (χ4v) is 3.23. The SMILES string of the molecule is COc1ccc2c(c1)CCN(C(=O)c1ccnc(-n3cnnc3)c1)CC2. The number of methoxy groups -OCH3 is 1. The lowest BCUT2D eigenvalue weighted by Crippen LogP contribution is -2.33. The number of hydrogen-bond acceptors (Lipinski definition) is 5. The summed E-state index contributed by atoms with van der Waals surface area (Å²) >= 11 is 0. The third kappa shape index (κ3) is 3.15. The topological polar surface area (TPSA) is 73.1 Å². The number of benzene rings is 1. The van der Waals surface area contributed by atoms with Crippen LogP contribution in [0, 0.1) is 0 Å². The van der Waals surface area contributed by atoms with E-state index in [1.807, 2.05) is 11.0 Å². The van der Waals surface area contributed by atoms with Gasteiger partial charge >= 0.3 is 0 Å². The van der Waals surface area contributed by atoms with E-state index in [4.69, 9.17) is 4.74 Å². The highest BCUT2D eigenvalue weighted by atomic mass is 16.5. The minimum Gasteiger partial charge on any atom is -0.497 e. The minimum absolute atomic E-state index is 0.0153. The second-order valence-corrected chi connectivity index (χ2v) is 6.20. The summed E-state index contributed by atoms with van der Waals surface area (Å²) in [4.78, 5) is 19.2. The van der Waals surface area contributed by atoms with Crippen LogP contribution >= 0.6 is 0 Å². The fraction of sp³-hybridized carbons (Fsp3) is 0.263. The Morgan fingerprint density at radius 3 is 2.58 bits per heavy atom. The van der Waals surface area contributed by atoms with Crippen LogP contribution in [0.4, 0.5) is 0 Å². The molecule has 0 aliphatic carbocycles. The Balaban J connectivity index is 1.53. The van der Waals surface area contributed by atoms with Gasteiger partial charge < -0.3 is 9.64 Å². The van der Waals surface area contributed by atoms with Gasteiger partial charge in [0.1, 0.15) is 24.2 Å². The van der Waals surface area contributed by atoms with Crippen molar-refractivity contribution in [1.82, 2.24) is 24.6 Å². The maximum absolute atomic E-state index is 13.0. The van der Waals surface area contributed by atoms with Crippen molar-refractivity contribution in [3.63, 3.8) is 0 Å². The standard InChI is InChI=1S/C19H19N5O2/c1-26-17-3-2-14-5-8-23(9-6-15(14)10-17)19(25)16-4-7-20-18(11-16)24-12-21-22-13-24/h2-4,7,10-13H,5-6,8-9H2,1H3. The van der Waals surface area contributed by atoms with Gasteiger partial charge in [-0.05, 0) is 48.2 Å². The molecule has 7 heteroatoms. The molecular formula is C19H19N5O2. The van der Waals surface area contributed by atoms with E-state index in [-0.39, 0.29) is 5.91 Å². The van der Waals surface area contributed by atoms with E-state index in [1.54, 1.807) is 42.7 Å². The second kappa shape index (κ2) is 6.95. The highest BCUT2D eigenvalue weighted by Gasteiger charge is 2.20. The average Bonchev–Trinajstić information content (AvgIpc) is 3.15. The van der Waals surface area contributed by atoms with E-state index in [1.165, 1.54) is 11.1 Å². The Bertz CT molecular complexity index is 923. The first kappa shape index (κ1) is 16.3. The zero-order chi connectivity index (χ0) is 17.9. The lowest BCUT2D eigenvalue weighted by atomic mass is 10.0. The van der Waals surface area contributed by atoms with Gasteiger partial charge in [0.05, 0.1) is 7.11 Å². The first-order valence-corrected chi connectivity index (χ1v) is 8.51. The predicted octanol–water partition coefficient (Wildman–Crippen LogP) is 1.91. The number of carbonyl (C=O) groups excluding carboxylic acids is 1. The number of ether oxygens (including phenoxy) is 1. The maximum Gasteiger partial charge on any atom is 0.254 e. The molecule has 0 spiro atoms. The zero-order valence-corrected chi connectivity index (χ0v) is 14.5. The van der Waals surface area contributed by atoms with Crippen LogP contribution in [0.15, 0.2) is 49.2 Å². The Labute approximate surface area is 151 Å². The Morgan fingerprint density at radius 2 is 1.81 bits per heavy atom. The molecule has 132 valence electrons. The van der Waals surface area contributed by atoms with Gasteiger partial charge in [0, 0.05) is 24.8 Å². The molecule has 3 aromatic rings. The summed E-state index contributed by atoms with van der Waals surface area (Å²) in [5, 5.41) is 7.56. The van der Waals surface area contributed by atoms with Crippen LogP contribution in [0.5, 0.6) is 5.75 Å². The zero-order valence-electron chi connectivity index (χ0n) is 14.5. The lowest BCUT2D eigenvalue weighted by molar-refractivity contribution is 0.0763. The molecule has 2 aromatic heterocycles. The van der Waals surface area contributed by atoms with Crippen molar-refractivity contribution in [2.24, 2.45) is 0 Å². The molecule has 26 heavy (non-hydrogen) atoms. The molecule has 1 amide bonds. The molecule has 0 radical (unpaired) electrons. The van der Waals surface area contributed by atoms with Crippen LogP contribution in [0.1, 0.15) is 21.5 Å². The van der Waals surface area contributed by atoms with Crippen LogP contribution in [0.25, 0.3) is 5.82 Å². The summed E-state index contributed by atoms with van der Waals surface area (Å²) < 4.78 is 7.00. The molecule has 0 fully saturated rings. The predicted molar refractivity (Wildman–Crippen MR) is 95.5 cm³/mol. The number of fused-ring (bicyclic) bond motifs is 1. The van der Waals surface area contributed by atoms with Crippen molar-refractivity contribution in [3.8, 4) is 11.6 Å². The molecule has 0 unspecified atom stereocenters. The number of pyridine rings is 1. The molecule has 3 heterocycles. The van der Waals surface area contributed by atoms with Crippen LogP contribution in [0.3, 0.4) is 0 Å². The summed E-state index contributed by atoms with van der Waals surface area (Å²) in [5.74, 6) is 1.50. The first-order valence-electron chi connectivity index (χ1n) is 8.51. The molecule has 7 nitrogen and oxygen atoms in total. The number of aromatic nitrogens is 4. The third-order valence-electron chi connectivity index (χ3n) is 4.68. The van der Waals surface area contributed by atoms with E-state index in [0.29, 0.717) is 24.5 Å². The van der Waals surface area contributed by atoms with Crippen molar-refractivity contribution in [2.75, 3.05) is 20.2 Å².